The van der Waals surface area contributed by atoms with E-state index in [1.807, 2.05) is 6.92 Å². The van der Waals surface area contributed by atoms with Crippen molar-refractivity contribution < 1.29 is 49.5 Å². The lowest BCUT2D eigenvalue weighted by atomic mass is 9.53. The number of hydrogen-bond acceptors (Lipinski definition) is 5. The Morgan fingerprint density at radius 3 is 2.12 bits per heavy atom. The van der Waals surface area contributed by atoms with Crippen LogP contribution in [0.4, 0.5) is 26.3 Å². The summed E-state index contributed by atoms with van der Waals surface area (Å²) in [7, 11) is -4.98. The van der Waals surface area contributed by atoms with Crippen molar-refractivity contribution in [2.45, 2.75) is 70.1 Å². The number of benzene rings is 1. The second kappa shape index (κ2) is 10.2. The molecule has 12 heteroatoms. The molecule has 5 nitrogen and oxygen atoms in total. The van der Waals surface area contributed by atoms with Crippen molar-refractivity contribution in [2.75, 3.05) is 13.2 Å². The predicted octanol–water partition coefficient (Wildman–Crippen LogP) is 7.13. The molecule has 1 aromatic rings. The molecule has 218 valence electrons. The van der Waals surface area contributed by atoms with Gasteiger partial charge in [-0.05, 0) is 78.9 Å². The zero-order valence-electron chi connectivity index (χ0n) is 21.7. The molecule has 0 bridgehead atoms. The lowest BCUT2D eigenvalue weighted by molar-refractivity contribution is -0.164. The quantitative estimate of drug-likeness (QED) is 0.261. The number of ketones is 2. The van der Waals surface area contributed by atoms with Gasteiger partial charge in [0.15, 0.2) is 19.0 Å². The van der Waals surface area contributed by atoms with Crippen LogP contribution in [-0.2, 0) is 23.2 Å². The molecule has 0 N–H and O–H groups in total. The summed E-state index contributed by atoms with van der Waals surface area (Å²) in [4.78, 5) is 25.2. The van der Waals surface area contributed by atoms with E-state index < -0.39 is 43.9 Å². The molecule has 4 atom stereocenters. The lowest BCUT2D eigenvalue weighted by Crippen LogP contribution is -2.43. The Labute approximate surface area is 227 Å². The summed E-state index contributed by atoms with van der Waals surface area (Å²) in [5.74, 6) is 0.314. The molecule has 1 aromatic carbocycles. The van der Waals surface area contributed by atoms with E-state index in [0.717, 1.165) is 30.4 Å². The standard InChI is InChI=1S/C28H29F6O5P/c1-26-13-22(25-20-9-5-18(35)12-17(20)4-8-21(25)23(26)10-11-24(26)36)16-2-6-19(7-3-16)40(37,38-14-27(29,30)31)39-15-28(32,33)34/h2-3,6-7,12,21-23H,4-5,8-11,13-15H2,1H3/t21?,22-,23+,26+/m1/s1. The number of rotatable bonds is 6. The van der Waals surface area contributed by atoms with Crippen LogP contribution in [0.25, 0.3) is 0 Å². The van der Waals surface area contributed by atoms with Crippen molar-refractivity contribution >= 4 is 24.5 Å². The van der Waals surface area contributed by atoms with E-state index in [4.69, 9.17) is 0 Å². The first-order valence-corrected chi connectivity index (χ1v) is 14.8. The van der Waals surface area contributed by atoms with Crippen LogP contribution in [0, 0.1) is 17.3 Å². The molecule has 0 saturated heterocycles. The molecule has 0 spiro atoms. The van der Waals surface area contributed by atoms with E-state index in [1.54, 1.807) is 6.08 Å². The van der Waals surface area contributed by atoms with Gasteiger partial charge in [-0.25, -0.2) is 0 Å². The molecule has 0 radical (unpaired) electrons. The third-order valence-corrected chi connectivity index (χ3v) is 10.7. The van der Waals surface area contributed by atoms with Crippen molar-refractivity contribution in [3.63, 3.8) is 0 Å². The molecule has 40 heavy (non-hydrogen) atoms. The molecule has 0 aromatic heterocycles. The zero-order chi connectivity index (χ0) is 29.1. The van der Waals surface area contributed by atoms with Gasteiger partial charge >= 0.3 is 19.9 Å². The molecule has 5 rings (SSSR count). The van der Waals surface area contributed by atoms with Gasteiger partial charge in [0, 0.05) is 24.2 Å². The van der Waals surface area contributed by atoms with Gasteiger partial charge in [-0.3, -0.25) is 23.2 Å². The van der Waals surface area contributed by atoms with Gasteiger partial charge in [-0.1, -0.05) is 24.6 Å². The number of carbonyl (C=O) groups excluding carboxylic acids is 2. The highest BCUT2D eigenvalue weighted by molar-refractivity contribution is 7.62. The largest absolute Gasteiger partial charge is 0.412 e. The Morgan fingerprint density at radius 2 is 1.52 bits per heavy atom. The van der Waals surface area contributed by atoms with E-state index in [-0.39, 0.29) is 29.3 Å². The fraction of sp³-hybridized carbons (Fsp3) is 0.571. The molecule has 0 heterocycles. The lowest BCUT2D eigenvalue weighted by Gasteiger charge is -2.50. The van der Waals surface area contributed by atoms with Crippen molar-refractivity contribution in [3.8, 4) is 0 Å². The number of carbonyl (C=O) groups is 2. The molecule has 2 saturated carbocycles. The van der Waals surface area contributed by atoms with E-state index in [2.05, 4.69) is 9.05 Å². The zero-order valence-corrected chi connectivity index (χ0v) is 22.6. The maximum Gasteiger partial charge on any atom is 0.412 e. The van der Waals surface area contributed by atoms with Gasteiger partial charge in [-0.15, -0.1) is 0 Å². The summed E-state index contributed by atoms with van der Waals surface area (Å²) in [6, 6.07) is 5.39. The smallest absolute Gasteiger partial charge is 0.299 e. The van der Waals surface area contributed by atoms with Gasteiger partial charge in [-0.2, -0.15) is 26.3 Å². The molecule has 0 amide bonds. The summed E-state index contributed by atoms with van der Waals surface area (Å²) < 4.78 is 98.8. The molecule has 4 aliphatic carbocycles. The Hall–Kier alpha value is -2.23. The van der Waals surface area contributed by atoms with Crippen LogP contribution in [-0.4, -0.2) is 37.1 Å². The Balaban J connectivity index is 1.53. The minimum Gasteiger partial charge on any atom is -0.299 e. The molecule has 4 aliphatic rings. The van der Waals surface area contributed by atoms with Gasteiger partial charge in [0.05, 0.1) is 5.30 Å². The fourth-order valence-electron chi connectivity index (χ4n) is 7.12. The van der Waals surface area contributed by atoms with E-state index in [1.165, 1.54) is 29.8 Å². The van der Waals surface area contributed by atoms with Crippen LogP contribution in [0.15, 0.2) is 47.1 Å². The third-order valence-electron chi connectivity index (χ3n) is 8.85. The molecular formula is C28H29F6O5P. The summed E-state index contributed by atoms with van der Waals surface area (Å²) >= 11 is 0. The maximum atomic E-state index is 13.1. The normalized spacial score (nSPS) is 29.2. The van der Waals surface area contributed by atoms with Crippen molar-refractivity contribution in [2.24, 2.45) is 17.3 Å². The fourth-order valence-corrected chi connectivity index (χ4v) is 8.64. The number of alkyl halides is 6. The van der Waals surface area contributed by atoms with Crippen LogP contribution < -0.4 is 5.30 Å². The minimum atomic E-state index is -4.98. The first-order valence-electron chi connectivity index (χ1n) is 13.2. The second-order valence-corrected chi connectivity index (χ2v) is 13.4. The number of fused-ring (bicyclic) bond motifs is 4. The van der Waals surface area contributed by atoms with Gasteiger partial charge in [0.25, 0.3) is 0 Å². The van der Waals surface area contributed by atoms with Crippen LogP contribution >= 0.6 is 7.60 Å². The number of halogens is 6. The number of Topliss-reactive ketones (excluding diaryl/α,β-unsaturated/α-hetero) is 1. The number of allylic oxidation sites excluding steroid dienone is 4. The maximum absolute atomic E-state index is 13.1. The number of hydrogen-bond donors (Lipinski definition) is 0. The average Bonchev–Trinajstić information content (AvgIpc) is 3.18. The van der Waals surface area contributed by atoms with Crippen molar-refractivity contribution in [1.82, 2.24) is 0 Å². The van der Waals surface area contributed by atoms with Crippen LogP contribution in [0.2, 0.25) is 0 Å². The Morgan fingerprint density at radius 1 is 0.900 bits per heavy atom. The first kappa shape index (κ1) is 29.3. The summed E-state index contributed by atoms with van der Waals surface area (Å²) in [5.41, 5.74) is 3.43. The molecule has 1 unspecified atom stereocenters. The molecular weight excluding hydrogens is 561 g/mol. The highest BCUT2D eigenvalue weighted by Gasteiger charge is 2.56. The molecule has 2 fully saturated rings. The molecule has 0 aliphatic heterocycles. The van der Waals surface area contributed by atoms with E-state index in [0.29, 0.717) is 31.2 Å². The summed E-state index contributed by atoms with van der Waals surface area (Å²) in [6.07, 6.45) is -3.87. The van der Waals surface area contributed by atoms with Crippen LogP contribution in [0.5, 0.6) is 0 Å². The predicted molar refractivity (Wildman–Crippen MR) is 133 cm³/mol. The van der Waals surface area contributed by atoms with E-state index >= 15 is 0 Å². The van der Waals surface area contributed by atoms with Gasteiger partial charge in [0.2, 0.25) is 0 Å². The Bertz CT molecular complexity index is 1290. The van der Waals surface area contributed by atoms with Crippen LogP contribution in [0.3, 0.4) is 0 Å². The average molecular weight is 590 g/mol. The third kappa shape index (κ3) is 5.61. The summed E-state index contributed by atoms with van der Waals surface area (Å²) in [5, 5.41) is -0.428. The minimum absolute atomic E-state index is 0.0730. The second-order valence-electron chi connectivity index (χ2n) is 11.3. The van der Waals surface area contributed by atoms with Crippen LogP contribution in [0.1, 0.15) is 63.4 Å². The Kier molecular flexibility index (Phi) is 7.50. The monoisotopic (exact) mass is 590 g/mol. The van der Waals surface area contributed by atoms with Crippen molar-refractivity contribution in [3.05, 3.63) is 52.6 Å². The SMILES string of the molecule is C[C@]12C[C@H](c3ccc(P(=O)(OCC(F)(F)F)OCC(F)(F)F)cc3)C3=C4CCC(=O)C=C4CCC3[C@@H]1CCC2=O. The first-order chi connectivity index (χ1) is 18.6. The van der Waals surface area contributed by atoms with Gasteiger partial charge in [0.1, 0.15) is 5.78 Å². The van der Waals surface area contributed by atoms with Gasteiger partial charge < -0.3 is 0 Å². The highest BCUT2D eigenvalue weighted by Crippen LogP contribution is 2.62. The summed E-state index contributed by atoms with van der Waals surface area (Å²) in [6.45, 7) is -2.10. The van der Waals surface area contributed by atoms with E-state index in [9.17, 15) is 40.5 Å². The van der Waals surface area contributed by atoms with Crippen molar-refractivity contribution in [1.29, 1.82) is 0 Å². The highest BCUT2D eigenvalue weighted by atomic mass is 31.2. The topological polar surface area (TPSA) is 69.7 Å².